The summed E-state index contributed by atoms with van der Waals surface area (Å²) < 4.78 is 39.7. The molecular weight excluding hydrogens is 442 g/mol. The molecule has 1 aliphatic heterocycles. The number of pyridine rings is 1. The lowest BCUT2D eigenvalue weighted by molar-refractivity contribution is -0.141. The van der Waals surface area contributed by atoms with Crippen LogP contribution in [0.5, 0.6) is 17.4 Å². The Bertz CT molecular complexity index is 1280. The molecule has 0 spiro atoms. The van der Waals surface area contributed by atoms with Crippen molar-refractivity contribution in [1.29, 1.82) is 0 Å². The molecule has 0 amide bonds. The number of carbonyl (C=O) groups is 1. The Morgan fingerprint density at radius 3 is 2.71 bits per heavy atom. The molecule has 0 aliphatic carbocycles. The summed E-state index contributed by atoms with van der Waals surface area (Å²) in [6, 6.07) is 8.37. The lowest BCUT2D eigenvalue weighted by Crippen LogP contribution is -2.12. The molecule has 31 heavy (non-hydrogen) atoms. The topological polar surface area (TPSA) is 120 Å². The molecule has 2 aromatic heterocycles. The van der Waals surface area contributed by atoms with Crippen LogP contribution in [0.15, 0.2) is 46.4 Å². The van der Waals surface area contributed by atoms with Crippen LogP contribution in [-0.4, -0.2) is 54.7 Å². The Hall–Kier alpha value is -3.05. The van der Waals surface area contributed by atoms with Crippen LogP contribution in [0, 0.1) is 0 Å². The van der Waals surface area contributed by atoms with Crippen molar-refractivity contribution in [3.8, 4) is 17.4 Å². The standard InChI is InChI=1S/C20H19N3O6S2/c1-11(24)28-18-10-22-20(30-18)15-7-12-6-13(8-16(27-2)19(12)23-15)29-17-5-4-14(9-21-17)31(3,25)26/h4-9,18,23H,10H2,1-3H3. The van der Waals surface area contributed by atoms with Crippen LogP contribution in [0.2, 0.25) is 0 Å². The summed E-state index contributed by atoms with van der Waals surface area (Å²) in [7, 11) is -1.78. The van der Waals surface area contributed by atoms with Gasteiger partial charge in [0, 0.05) is 36.9 Å². The largest absolute Gasteiger partial charge is 0.494 e. The number of aromatic amines is 1. The van der Waals surface area contributed by atoms with Crippen molar-refractivity contribution in [3.05, 3.63) is 42.2 Å². The SMILES string of the molecule is COc1cc(Oc2ccc(S(C)(=O)=O)cn2)cc2cc(C3=NCC(OC(C)=O)S3)[nH]c12. The fourth-order valence-electron chi connectivity index (χ4n) is 3.04. The number of hydrogen-bond acceptors (Lipinski definition) is 9. The highest BCUT2D eigenvalue weighted by atomic mass is 32.2. The van der Waals surface area contributed by atoms with Crippen molar-refractivity contribution in [1.82, 2.24) is 9.97 Å². The molecule has 1 unspecified atom stereocenters. The fraction of sp³-hybridized carbons (Fsp3) is 0.250. The smallest absolute Gasteiger partial charge is 0.303 e. The van der Waals surface area contributed by atoms with Gasteiger partial charge < -0.3 is 19.2 Å². The van der Waals surface area contributed by atoms with Gasteiger partial charge in [-0.2, -0.15) is 0 Å². The Kier molecular flexibility index (Phi) is 5.63. The van der Waals surface area contributed by atoms with Crippen LogP contribution < -0.4 is 9.47 Å². The van der Waals surface area contributed by atoms with Gasteiger partial charge in [0.05, 0.1) is 29.8 Å². The molecule has 4 rings (SSSR count). The van der Waals surface area contributed by atoms with E-state index in [1.54, 1.807) is 13.2 Å². The molecule has 3 aromatic rings. The molecule has 3 heterocycles. The molecule has 1 atom stereocenters. The average molecular weight is 462 g/mol. The van der Waals surface area contributed by atoms with Crippen LogP contribution in [0.1, 0.15) is 12.6 Å². The first-order chi connectivity index (χ1) is 14.7. The maximum atomic E-state index is 11.6. The van der Waals surface area contributed by atoms with E-state index in [-0.39, 0.29) is 22.2 Å². The van der Waals surface area contributed by atoms with E-state index in [9.17, 15) is 13.2 Å². The van der Waals surface area contributed by atoms with Crippen LogP contribution in [-0.2, 0) is 19.4 Å². The van der Waals surface area contributed by atoms with Crippen molar-refractivity contribution in [2.75, 3.05) is 19.9 Å². The van der Waals surface area contributed by atoms with Gasteiger partial charge in [0.15, 0.2) is 15.3 Å². The van der Waals surface area contributed by atoms with Crippen LogP contribution >= 0.6 is 11.8 Å². The lowest BCUT2D eigenvalue weighted by Gasteiger charge is -2.08. The van der Waals surface area contributed by atoms with Gasteiger partial charge in [-0.15, -0.1) is 0 Å². The van der Waals surface area contributed by atoms with Gasteiger partial charge in [0.25, 0.3) is 0 Å². The van der Waals surface area contributed by atoms with E-state index >= 15 is 0 Å². The molecule has 1 aliphatic rings. The van der Waals surface area contributed by atoms with Crippen molar-refractivity contribution in [3.63, 3.8) is 0 Å². The van der Waals surface area contributed by atoms with E-state index in [0.717, 1.165) is 27.9 Å². The quantitative estimate of drug-likeness (QED) is 0.556. The fourth-order valence-corrected chi connectivity index (χ4v) is 4.57. The number of methoxy groups -OCH3 is 1. The molecule has 162 valence electrons. The zero-order valence-electron chi connectivity index (χ0n) is 16.9. The molecule has 1 N–H and O–H groups in total. The Morgan fingerprint density at radius 1 is 1.26 bits per heavy atom. The van der Waals surface area contributed by atoms with E-state index in [1.807, 2.05) is 12.1 Å². The minimum atomic E-state index is -3.33. The summed E-state index contributed by atoms with van der Waals surface area (Å²) in [6.07, 6.45) is 2.37. The maximum Gasteiger partial charge on any atom is 0.303 e. The van der Waals surface area contributed by atoms with Crippen LogP contribution in [0.4, 0.5) is 0 Å². The highest BCUT2D eigenvalue weighted by Gasteiger charge is 2.25. The van der Waals surface area contributed by atoms with Crippen molar-refractivity contribution >= 4 is 43.5 Å². The number of nitrogens with one attached hydrogen (secondary N) is 1. The number of rotatable bonds is 6. The molecule has 0 saturated carbocycles. The molecule has 0 bridgehead atoms. The molecule has 1 aromatic carbocycles. The number of hydrogen-bond donors (Lipinski definition) is 1. The number of ether oxygens (including phenoxy) is 3. The summed E-state index contributed by atoms with van der Waals surface area (Å²) in [6.45, 7) is 1.77. The van der Waals surface area contributed by atoms with Crippen molar-refractivity contribution < 1.29 is 27.4 Å². The molecule has 9 nitrogen and oxygen atoms in total. The number of fused-ring (bicyclic) bond motifs is 1. The Morgan fingerprint density at radius 2 is 2.06 bits per heavy atom. The normalized spacial score (nSPS) is 16.2. The van der Waals surface area contributed by atoms with Gasteiger partial charge in [0.2, 0.25) is 5.88 Å². The first-order valence-electron chi connectivity index (χ1n) is 9.16. The monoisotopic (exact) mass is 461 g/mol. The van der Waals surface area contributed by atoms with E-state index in [0.29, 0.717) is 18.0 Å². The minimum Gasteiger partial charge on any atom is -0.494 e. The zero-order valence-corrected chi connectivity index (χ0v) is 18.5. The number of carbonyl (C=O) groups excluding carboxylic acids is 1. The van der Waals surface area contributed by atoms with Gasteiger partial charge in [0.1, 0.15) is 16.5 Å². The number of aliphatic imine (C=N–C) groups is 1. The number of sulfone groups is 1. The van der Waals surface area contributed by atoms with Crippen LogP contribution in [0.3, 0.4) is 0 Å². The molecule has 11 heteroatoms. The number of H-pyrrole nitrogens is 1. The number of nitrogens with zero attached hydrogens (tertiary/aromatic N) is 2. The zero-order chi connectivity index (χ0) is 22.2. The van der Waals surface area contributed by atoms with E-state index < -0.39 is 9.84 Å². The summed E-state index contributed by atoms with van der Waals surface area (Å²) in [5, 5.41) is 1.57. The highest BCUT2D eigenvalue weighted by Crippen LogP contribution is 2.35. The first-order valence-corrected chi connectivity index (χ1v) is 11.9. The van der Waals surface area contributed by atoms with E-state index in [4.69, 9.17) is 14.2 Å². The number of thioether (sulfide) groups is 1. The van der Waals surface area contributed by atoms with Gasteiger partial charge in [-0.05, 0) is 18.2 Å². The molecular formula is C20H19N3O6S2. The van der Waals surface area contributed by atoms with Gasteiger partial charge in [-0.3, -0.25) is 9.79 Å². The van der Waals surface area contributed by atoms with Crippen molar-refractivity contribution in [2.24, 2.45) is 4.99 Å². The maximum absolute atomic E-state index is 11.6. The van der Waals surface area contributed by atoms with E-state index in [2.05, 4.69) is 15.0 Å². The van der Waals surface area contributed by atoms with Gasteiger partial charge in [-0.25, -0.2) is 13.4 Å². The lowest BCUT2D eigenvalue weighted by atomic mass is 10.2. The summed E-state index contributed by atoms with van der Waals surface area (Å²) in [5.74, 6) is 0.955. The third kappa shape index (κ3) is 4.67. The second kappa shape index (κ2) is 8.23. The molecule has 0 fully saturated rings. The molecule has 0 radical (unpaired) electrons. The third-order valence-corrected chi connectivity index (χ3v) is 6.58. The average Bonchev–Trinajstić information content (AvgIpc) is 3.33. The van der Waals surface area contributed by atoms with Gasteiger partial charge in [-0.1, -0.05) is 11.8 Å². The van der Waals surface area contributed by atoms with Crippen molar-refractivity contribution in [2.45, 2.75) is 17.3 Å². The predicted molar refractivity (Wildman–Crippen MR) is 117 cm³/mol. The summed E-state index contributed by atoms with van der Waals surface area (Å²) >= 11 is 1.38. The van der Waals surface area contributed by atoms with Gasteiger partial charge >= 0.3 is 5.97 Å². The second-order valence-electron chi connectivity index (χ2n) is 6.78. The number of benzene rings is 1. The second-order valence-corrected chi connectivity index (χ2v) is 9.95. The summed E-state index contributed by atoms with van der Waals surface area (Å²) in [4.78, 5) is 23.1. The third-order valence-electron chi connectivity index (χ3n) is 4.40. The highest BCUT2D eigenvalue weighted by molar-refractivity contribution is 8.15. The Labute approximate surface area is 182 Å². The minimum absolute atomic E-state index is 0.116. The predicted octanol–water partition coefficient (Wildman–Crippen LogP) is 3.15. The Balaban J connectivity index is 1.60. The first kappa shape index (κ1) is 21.2. The number of aromatic nitrogens is 2. The molecule has 0 saturated heterocycles. The summed E-state index contributed by atoms with van der Waals surface area (Å²) in [5.41, 5.74) is 1.21. The van der Waals surface area contributed by atoms with E-state index in [1.165, 1.54) is 37.0 Å². The number of esters is 1. The van der Waals surface area contributed by atoms with Crippen LogP contribution in [0.25, 0.3) is 10.9 Å².